The Bertz CT molecular complexity index is 1230. The first-order valence-electron chi connectivity index (χ1n) is 9.80. The summed E-state index contributed by atoms with van der Waals surface area (Å²) < 4.78 is 6.69. The van der Waals surface area contributed by atoms with Crippen LogP contribution in [0.4, 0.5) is 5.69 Å². The summed E-state index contributed by atoms with van der Waals surface area (Å²) in [6, 6.07) is 8.19. The molecule has 0 aliphatic heterocycles. The Morgan fingerprint density at radius 1 is 1.28 bits per heavy atom. The second-order valence-corrected chi connectivity index (χ2v) is 9.52. The zero-order valence-corrected chi connectivity index (χ0v) is 20.3. The fourth-order valence-electron chi connectivity index (χ4n) is 3.06. The van der Waals surface area contributed by atoms with Crippen LogP contribution in [0.1, 0.15) is 19.4 Å². The highest BCUT2D eigenvalue weighted by molar-refractivity contribution is 8.00. The van der Waals surface area contributed by atoms with Crippen LogP contribution in [-0.4, -0.2) is 39.0 Å². The molecule has 0 aliphatic rings. The molecule has 7 nitrogen and oxygen atoms in total. The molecule has 0 unspecified atom stereocenters. The fourth-order valence-corrected chi connectivity index (χ4v) is 4.30. The molecule has 0 spiro atoms. The van der Waals surface area contributed by atoms with Gasteiger partial charge in [-0.2, -0.15) is 0 Å². The molecule has 1 aromatic heterocycles. The second-order valence-electron chi connectivity index (χ2n) is 7.37. The average molecular weight is 496 g/mol. The maximum atomic E-state index is 13.0. The molecular formula is C22H23Cl2N3O4S. The van der Waals surface area contributed by atoms with Crippen molar-refractivity contribution < 1.29 is 14.6 Å². The molecule has 0 radical (unpaired) electrons. The summed E-state index contributed by atoms with van der Waals surface area (Å²) in [4.78, 5) is 30.5. The molecule has 0 aliphatic carbocycles. The molecule has 0 bridgehead atoms. The number of halogens is 2. The van der Waals surface area contributed by atoms with E-state index < -0.39 is 11.4 Å². The van der Waals surface area contributed by atoms with Crippen LogP contribution in [0.5, 0.6) is 5.75 Å². The molecule has 1 amide bonds. The number of aromatic nitrogens is 2. The molecule has 32 heavy (non-hydrogen) atoms. The number of nitrogens with one attached hydrogen (secondary N) is 1. The standard InChI is InChI=1S/C22H23Cl2N3O4S/c1-11-7-18(19(31-4)9-16(11)24)25-20(29)13(3)32-22-26-17-8-14(23)5-6-15(17)21(30)27(22)10-12(2)28/h5-9,12-13,28H,10H2,1-4H3,(H,25,29)/t12-,13-/m1/s1. The van der Waals surface area contributed by atoms with Crippen molar-refractivity contribution in [3.8, 4) is 5.75 Å². The van der Waals surface area contributed by atoms with Gasteiger partial charge in [0.2, 0.25) is 5.91 Å². The number of nitrogens with zero attached hydrogens (tertiary/aromatic N) is 2. The third-order valence-electron chi connectivity index (χ3n) is 4.72. The molecular weight excluding hydrogens is 473 g/mol. The number of ether oxygens (including phenoxy) is 1. The molecule has 1 heterocycles. The van der Waals surface area contributed by atoms with E-state index in [1.165, 1.54) is 11.7 Å². The Hall–Kier alpha value is -2.26. The number of thioether (sulfide) groups is 1. The lowest BCUT2D eigenvalue weighted by atomic mass is 10.2. The van der Waals surface area contributed by atoms with Gasteiger partial charge in [-0.15, -0.1) is 0 Å². The minimum atomic E-state index is -0.774. The van der Waals surface area contributed by atoms with Crippen molar-refractivity contribution >= 4 is 57.5 Å². The van der Waals surface area contributed by atoms with Crippen LogP contribution in [0.2, 0.25) is 10.0 Å². The van der Waals surface area contributed by atoms with Crippen molar-refractivity contribution in [3.05, 3.63) is 56.3 Å². The summed E-state index contributed by atoms with van der Waals surface area (Å²) in [5.41, 5.74) is 1.40. The third-order valence-corrected chi connectivity index (χ3v) is 6.45. The zero-order valence-electron chi connectivity index (χ0n) is 18.0. The molecule has 0 fully saturated rings. The van der Waals surface area contributed by atoms with E-state index in [4.69, 9.17) is 27.9 Å². The molecule has 170 valence electrons. The summed E-state index contributed by atoms with van der Waals surface area (Å²) in [6.07, 6.45) is -0.774. The van der Waals surface area contributed by atoms with Gasteiger partial charge in [-0.05, 0) is 50.6 Å². The highest BCUT2D eigenvalue weighted by Crippen LogP contribution is 2.32. The lowest BCUT2D eigenvalue weighted by Gasteiger charge is -2.18. The first-order chi connectivity index (χ1) is 15.1. The van der Waals surface area contributed by atoms with Gasteiger partial charge in [0.05, 0.1) is 41.6 Å². The van der Waals surface area contributed by atoms with Crippen molar-refractivity contribution in [1.29, 1.82) is 0 Å². The van der Waals surface area contributed by atoms with E-state index in [0.717, 1.165) is 17.3 Å². The number of aliphatic hydroxyl groups excluding tert-OH is 1. The van der Waals surface area contributed by atoms with Gasteiger partial charge < -0.3 is 15.2 Å². The van der Waals surface area contributed by atoms with Crippen LogP contribution in [0.25, 0.3) is 10.9 Å². The molecule has 2 aromatic carbocycles. The predicted octanol–water partition coefficient (Wildman–Crippen LogP) is 4.52. The minimum Gasteiger partial charge on any atom is -0.495 e. The molecule has 3 rings (SSSR count). The highest BCUT2D eigenvalue weighted by atomic mass is 35.5. The maximum absolute atomic E-state index is 13.0. The first kappa shape index (κ1) is 24.4. The molecule has 2 N–H and O–H groups in total. The number of hydrogen-bond acceptors (Lipinski definition) is 6. The van der Waals surface area contributed by atoms with E-state index in [2.05, 4.69) is 10.3 Å². The number of aliphatic hydroxyl groups is 1. The van der Waals surface area contributed by atoms with Crippen LogP contribution in [0.3, 0.4) is 0 Å². The van der Waals surface area contributed by atoms with Crippen LogP contribution in [0.15, 0.2) is 40.3 Å². The number of anilines is 1. The normalized spacial score (nSPS) is 13.1. The van der Waals surface area contributed by atoms with E-state index in [0.29, 0.717) is 37.5 Å². The summed E-state index contributed by atoms with van der Waals surface area (Å²) in [5.74, 6) is 0.134. The number of carbonyl (C=O) groups excluding carboxylic acids is 1. The molecule has 2 atom stereocenters. The predicted molar refractivity (Wildman–Crippen MR) is 129 cm³/mol. The fraction of sp³-hybridized carbons (Fsp3) is 0.318. The highest BCUT2D eigenvalue weighted by Gasteiger charge is 2.21. The maximum Gasteiger partial charge on any atom is 0.262 e. The summed E-state index contributed by atoms with van der Waals surface area (Å²) in [7, 11) is 1.49. The van der Waals surface area contributed by atoms with Crippen molar-refractivity contribution in [2.24, 2.45) is 0 Å². The van der Waals surface area contributed by atoms with E-state index in [9.17, 15) is 14.7 Å². The number of hydrogen-bond donors (Lipinski definition) is 2. The van der Waals surface area contributed by atoms with E-state index in [1.807, 2.05) is 6.92 Å². The van der Waals surface area contributed by atoms with Crippen LogP contribution < -0.4 is 15.6 Å². The summed E-state index contributed by atoms with van der Waals surface area (Å²) in [6.45, 7) is 5.16. The number of aryl methyl sites for hydroxylation is 1. The van der Waals surface area contributed by atoms with E-state index >= 15 is 0 Å². The SMILES string of the molecule is COc1cc(Cl)c(C)cc1NC(=O)[C@@H](C)Sc1nc2cc(Cl)ccc2c(=O)n1C[C@@H](C)O. The molecule has 0 saturated carbocycles. The Kier molecular flexibility index (Phi) is 7.71. The third kappa shape index (κ3) is 5.38. The van der Waals surface area contributed by atoms with Gasteiger partial charge in [0.15, 0.2) is 5.16 Å². The number of benzene rings is 2. The van der Waals surface area contributed by atoms with Gasteiger partial charge in [-0.1, -0.05) is 35.0 Å². The van der Waals surface area contributed by atoms with Crippen LogP contribution >= 0.6 is 35.0 Å². The number of amides is 1. The Morgan fingerprint density at radius 3 is 2.66 bits per heavy atom. The smallest absolute Gasteiger partial charge is 0.262 e. The lowest BCUT2D eigenvalue weighted by Crippen LogP contribution is -2.29. The number of methoxy groups -OCH3 is 1. The average Bonchev–Trinajstić information content (AvgIpc) is 2.72. The second kappa shape index (κ2) is 10.1. The lowest BCUT2D eigenvalue weighted by molar-refractivity contribution is -0.115. The topological polar surface area (TPSA) is 93.5 Å². The number of rotatable bonds is 7. The quantitative estimate of drug-likeness (QED) is 0.369. The van der Waals surface area contributed by atoms with Gasteiger partial charge in [-0.25, -0.2) is 4.98 Å². The zero-order chi connectivity index (χ0) is 23.6. The van der Waals surface area contributed by atoms with Gasteiger partial charge >= 0.3 is 0 Å². The van der Waals surface area contributed by atoms with Gasteiger partial charge in [0.25, 0.3) is 5.56 Å². The van der Waals surface area contributed by atoms with Gasteiger partial charge in [0, 0.05) is 16.1 Å². The number of carbonyl (C=O) groups is 1. The van der Waals surface area contributed by atoms with Crippen LogP contribution in [-0.2, 0) is 11.3 Å². The van der Waals surface area contributed by atoms with Crippen molar-refractivity contribution in [2.75, 3.05) is 12.4 Å². The monoisotopic (exact) mass is 495 g/mol. The minimum absolute atomic E-state index is 0.0469. The van der Waals surface area contributed by atoms with Gasteiger partial charge in [-0.3, -0.25) is 14.2 Å². The molecule has 10 heteroatoms. The van der Waals surface area contributed by atoms with Crippen molar-refractivity contribution in [2.45, 2.75) is 43.8 Å². The Labute approximate surface area is 199 Å². The first-order valence-corrected chi connectivity index (χ1v) is 11.4. The molecule has 3 aromatic rings. The van der Waals surface area contributed by atoms with Crippen molar-refractivity contribution in [3.63, 3.8) is 0 Å². The number of fused-ring (bicyclic) bond motifs is 1. The van der Waals surface area contributed by atoms with Crippen molar-refractivity contribution in [1.82, 2.24) is 9.55 Å². The molecule has 0 saturated heterocycles. The van der Waals surface area contributed by atoms with E-state index in [-0.39, 0.29) is 18.0 Å². The van der Waals surface area contributed by atoms with Crippen LogP contribution in [0, 0.1) is 6.92 Å². The summed E-state index contributed by atoms with van der Waals surface area (Å²) in [5, 5.41) is 13.8. The summed E-state index contributed by atoms with van der Waals surface area (Å²) >= 11 is 13.3. The Balaban J connectivity index is 1.93. The largest absolute Gasteiger partial charge is 0.495 e. The van der Waals surface area contributed by atoms with E-state index in [1.54, 1.807) is 44.2 Å². The Morgan fingerprint density at radius 2 is 2.00 bits per heavy atom. The van der Waals surface area contributed by atoms with Gasteiger partial charge in [0.1, 0.15) is 5.75 Å².